The summed E-state index contributed by atoms with van der Waals surface area (Å²) in [5, 5.41) is 12.8. The molecule has 1 amide bonds. The molecule has 28 heavy (non-hydrogen) atoms. The Morgan fingerprint density at radius 3 is 2.79 bits per heavy atom. The summed E-state index contributed by atoms with van der Waals surface area (Å²) in [4.78, 5) is 12.3. The van der Waals surface area contributed by atoms with E-state index in [0.717, 1.165) is 25.0 Å². The molecular weight excluding hydrogens is 376 g/mol. The summed E-state index contributed by atoms with van der Waals surface area (Å²) in [6.45, 7) is 1.49. The summed E-state index contributed by atoms with van der Waals surface area (Å²) in [6.07, 6.45) is 3.49. The van der Waals surface area contributed by atoms with E-state index in [1.54, 1.807) is 24.3 Å². The van der Waals surface area contributed by atoms with Crippen LogP contribution in [0, 0.1) is 11.3 Å². The normalized spacial score (nSPS) is 16.4. The van der Waals surface area contributed by atoms with Crippen LogP contribution in [0.4, 0.5) is 0 Å². The van der Waals surface area contributed by atoms with Crippen molar-refractivity contribution in [2.24, 2.45) is 0 Å². The predicted octanol–water partition coefficient (Wildman–Crippen LogP) is 4.12. The van der Waals surface area contributed by atoms with E-state index in [9.17, 15) is 10.1 Å². The molecular formula is C22H21ClN2O3. The van der Waals surface area contributed by atoms with E-state index in [2.05, 4.69) is 5.32 Å². The first-order valence-corrected chi connectivity index (χ1v) is 9.51. The quantitative estimate of drug-likeness (QED) is 0.564. The highest BCUT2D eigenvalue weighted by molar-refractivity contribution is 6.30. The maximum Gasteiger partial charge on any atom is 0.262 e. The van der Waals surface area contributed by atoms with Gasteiger partial charge in [-0.3, -0.25) is 4.79 Å². The van der Waals surface area contributed by atoms with Crippen molar-refractivity contribution in [2.45, 2.75) is 25.6 Å². The van der Waals surface area contributed by atoms with Crippen LogP contribution in [-0.2, 0) is 16.1 Å². The molecule has 0 aliphatic carbocycles. The molecule has 0 spiro atoms. The lowest BCUT2D eigenvalue weighted by atomic mass is 10.1. The van der Waals surface area contributed by atoms with E-state index in [-0.39, 0.29) is 11.7 Å². The summed E-state index contributed by atoms with van der Waals surface area (Å²) >= 11 is 5.90. The average Bonchev–Trinajstić information content (AvgIpc) is 3.24. The molecule has 0 bridgehead atoms. The molecule has 0 saturated carbocycles. The highest BCUT2D eigenvalue weighted by atomic mass is 35.5. The largest absolute Gasteiger partial charge is 0.488 e. The van der Waals surface area contributed by atoms with Crippen LogP contribution in [-0.4, -0.2) is 25.2 Å². The van der Waals surface area contributed by atoms with Crippen LogP contribution in [0.25, 0.3) is 6.08 Å². The first-order chi connectivity index (χ1) is 13.7. The van der Waals surface area contributed by atoms with Gasteiger partial charge in [0.2, 0.25) is 0 Å². The molecule has 1 saturated heterocycles. The van der Waals surface area contributed by atoms with Crippen molar-refractivity contribution in [3.05, 3.63) is 70.3 Å². The van der Waals surface area contributed by atoms with Gasteiger partial charge in [-0.2, -0.15) is 5.26 Å². The van der Waals surface area contributed by atoms with Gasteiger partial charge in [0.05, 0.1) is 6.10 Å². The molecule has 2 aromatic rings. The molecule has 1 aliphatic heterocycles. The first-order valence-electron chi connectivity index (χ1n) is 9.13. The monoisotopic (exact) mass is 396 g/mol. The van der Waals surface area contributed by atoms with Crippen molar-refractivity contribution in [1.29, 1.82) is 5.26 Å². The molecule has 2 aromatic carbocycles. The standard InChI is InChI=1S/C22H21ClN2O3/c23-19-9-7-16(8-10-19)15-28-21-6-2-1-4-17(21)12-18(13-24)22(26)25-14-20-5-3-11-27-20/h1-2,4,6-10,12,20H,3,5,11,14-15H2,(H,25,26)/b18-12+/t20-/m1/s1. The number of ether oxygens (including phenoxy) is 2. The SMILES string of the molecule is N#C/C(=C\c1ccccc1OCc1ccc(Cl)cc1)C(=O)NC[C@H]1CCCO1. The summed E-state index contributed by atoms with van der Waals surface area (Å²) in [6, 6.07) is 16.6. The zero-order valence-corrected chi connectivity index (χ0v) is 16.1. The van der Waals surface area contributed by atoms with Crippen molar-refractivity contribution in [3.8, 4) is 11.8 Å². The van der Waals surface area contributed by atoms with Gasteiger partial charge in [0, 0.05) is 23.7 Å². The second-order valence-electron chi connectivity index (χ2n) is 6.47. The van der Waals surface area contributed by atoms with Gasteiger partial charge < -0.3 is 14.8 Å². The van der Waals surface area contributed by atoms with Gasteiger partial charge >= 0.3 is 0 Å². The number of amides is 1. The van der Waals surface area contributed by atoms with E-state index >= 15 is 0 Å². The van der Waals surface area contributed by atoms with Gasteiger partial charge in [0.15, 0.2) is 0 Å². The van der Waals surface area contributed by atoms with Crippen LogP contribution >= 0.6 is 11.6 Å². The average molecular weight is 397 g/mol. The maximum atomic E-state index is 12.3. The van der Waals surface area contributed by atoms with E-state index in [4.69, 9.17) is 21.1 Å². The number of hydrogen-bond acceptors (Lipinski definition) is 4. The van der Waals surface area contributed by atoms with Crippen molar-refractivity contribution < 1.29 is 14.3 Å². The highest BCUT2D eigenvalue weighted by Gasteiger charge is 2.18. The molecule has 1 aliphatic rings. The Bertz CT molecular complexity index is 881. The molecule has 1 N–H and O–H groups in total. The second kappa shape index (κ2) is 9.93. The van der Waals surface area contributed by atoms with Crippen LogP contribution < -0.4 is 10.1 Å². The Balaban J connectivity index is 1.67. The van der Waals surface area contributed by atoms with Gasteiger partial charge in [-0.1, -0.05) is 41.9 Å². The predicted molar refractivity (Wildman–Crippen MR) is 108 cm³/mol. The molecule has 3 rings (SSSR count). The fourth-order valence-corrected chi connectivity index (χ4v) is 3.01. The van der Waals surface area contributed by atoms with Crippen molar-refractivity contribution in [2.75, 3.05) is 13.2 Å². The molecule has 6 heteroatoms. The number of nitrogens with one attached hydrogen (secondary N) is 1. The molecule has 5 nitrogen and oxygen atoms in total. The number of para-hydroxylation sites is 1. The highest BCUT2D eigenvalue weighted by Crippen LogP contribution is 2.22. The number of carbonyl (C=O) groups is 1. The Hall–Kier alpha value is -2.81. The lowest BCUT2D eigenvalue weighted by Gasteiger charge is -2.11. The van der Waals surface area contributed by atoms with Gasteiger partial charge in [-0.15, -0.1) is 0 Å². The Kier molecular flexibility index (Phi) is 7.07. The van der Waals surface area contributed by atoms with E-state index in [1.807, 2.05) is 36.4 Å². The maximum absolute atomic E-state index is 12.3. The molecule has 1 heterocycles. The minimum Gasteiger partial charge on any atom is -0.488 e. The number of hydrogen-bond donors (Lipinski definition) is 1. The van der Waals surface area contributed by atoms with Crippen LogP contribution in [0.3, 0.4) is 0 Å². The van der Waals surface area contributed by atoms with Crippen LogP contribution in [0.2, 0.25) is 5.02 Å². The number of halogens is 1. The zero-order chi connectivity index (χ0) is 19.8. The van der Waals surface area contributed by atoms with E-state index < -0.39 is 5.91 Å². The Morgan fingerprint density at radius 2 is 2.07 bits per heavy atom. The van der Waals surface area contributed by atoms with Crippen molar-refractivity contribution in [1.82, 2.24) is 5.32 Å². The minimum absolute atomic E-state index is 0.0267. The fraction of sp³-hybridized carbons (Fsp3) is 0.273. The molecule has 0 radical (unpaired) electrons. The number of benzene rings is 2. The van der Waals surface area contributed by atoms with Gasteiger partial charge in [0.25, 0.3) is 5.91 Å². The molecule has 0 unspecified atom stereocenters. The lowest BCUT2D eigenvalue weighted by molar-refractivity contribution is -0.117. The van der Waals surface area contributed by atoms with Gasteiger partial charge in [-0.25, -0.2) is 0 Å². The first kappa shape index (κ1) is 19.9. The van der Waals surface area contributed by atoms with Crippen LogP contribution in [0.15, 0.2) is 54.1 Å². The van der Waals surface area contributed by atoms with Crippen LogP contribution in [0.1, 0.15) is 24.0 Å². The number of nitrogens with zero attached hydrogens (tertiary/aromatic N) is 1. The number of nitriles is 1. The molecule has 1 fully saturated rings. The summed E-state index contributed by atoms with van der Waals surface area (Å²) < 4.78 is 11.4. The molecule has 0 aromatic heterocycles. The fourth-order valence-electron chi connectivity index (χ4n) is 2.88. The Labute approximate surface area is 169 Å². The third-order valence-electron chi connectivity index (χ3n) is 4.41. The number of carbonyl (C=O) groups excluding carboxylic acids is 1. The third kappa shape index (κ3) is 5.59. The minimum atomic E-state index is -0.412. The van der Waals surface area contributed by atoms with Gasteiger partial charge in [0.1, 0.15) is 24.0 Å². The summed E-state index contributed by atoms with van der Waals surface area (Å²) in [7, 11) is 0. The van der Waals surface area contributed by atoms with Crippen LogP contribution in [0.5, 0.6) is 5.75 Å². The second-order valence-corrected chi connectivity index (χ2v) is 6.90. The number of rotatable bonds is 7. The summed E-state index contributed by atoms with van der Waals surface area (Å²) in [5.74, 6) is 0.183. The molecule has 1 atom stereocenters. The Morgan fingerprint density at radius 1 is 1.29 bits per heavy atom. The van der Waals surface area contributed by atoms with E-state index in [1.165, 1.54) is 0 Å². The van der Waals surface area contributed by atoms with Crippen molar-refractivity contribution >= 4 is 23.6 Å². The third-order valence-corrected chi connectivity index (χ3v) is 4.66. The summed E-state index contributed by atoms with van der Waals surface area (Å²) in [5.41, 5.74) is 1.67. The zero-order valence-electron chi connectivity index (χ0n) is 15.4. The van der Waals surface area contributed by atoms with Gasteiger partial charge in [-0.05, 0) is 42.7 Å². The van der Waals surface area contributed by atoms with Crippen molar-refractivity contribution in [3.63, 3.8) is 0 Å². The topological polar surface area (TPSA) is 71.3 Å². The van der Waals surface area contributed by atoms with E-state index in [0.29, 0.717) is 29.5 Å². The molecule has 144 valence electrons. The lowest BCUT2D eigenvalue weighted by Crippen LogP contribution is -2.32. The smallest absolute Gasteiger partial charge is 0.262 e.